The van der Waals surface area contributed by atoms with E-state index in [1.165, 1.54) is 0 Å². The van der Waals surface area contributed by atoms with E-state index in [1.54, 1.807) is 18.0 Å². The van der Waals surface area contributed by atoms with E-state index in [2.05, 4.69) is 27.8 Å². The number of anilines is 1. The molecule has 2 rings (SSSR count). The largest absolute Gasteiger partial charge is 0.362 e. The molecule has 0 saturated carbocycles. The highest BCUT2D eigenvalue weighted by Crippen LogP contribution is 2.07. The molecule has 0 radical (unpaired) electrons. The van der Waals surface area contributed by atoms with Crippen molar-refractivity contribution in [3.63, 3.8) is 0 Å². The predicted molar refractivity (Wildman–Crippen MR) is 84.9 cm³/mol. The Bertz CT molecular complexity index is 606. The van der Waals surface area contributed by atoms with Crippen LogP contribution in [0.4, 0.5) is 5.69 Å². The average molecular weight is 308 g/mol. The number of hydrogen-bond acceptors (Lipinski definition) is 4. The van der Waals surface area contributed by atoms with Gasteiger partial charge in [0.2, 0.25) is 0 Å². The highest BCUT2D eigenvalue weighted by Gasteiger charge is 2.05. The van der Waals surface area contributed by atoms with Crippen LogP contribution in [0.3, 0.4) is 0 Å². The Balaban J connectivity index is 1.85. The molecule has 114 valence electrons. The van der Waals surface area contributed by atoms with Crippen molar-refractivity contribution in [2.45, 2.75) is 33.7 Å². The summed E-state index contributed by atoms with van der Waals surface area (Å²) in [6.45, 7) is 5.98. The van der Waals surface area contributed by atoms with Gasteiger partial charge in [0, 0.05) is 32.0 Å². The third kappa shape index (κ3) is 4.27. The minimum atomic E-state index is 0.414. The monoisotopic (exact) mass is 308 g/mol. The van der Waals surface area contributed by atoms with Crippen molar-refractivity contribution in [2.75, 3.05) is 12.4 Å². The highest BCUT2D eigenvalue weighted by atomic mass is 32.1. The lowest BCUT2D eigenvalue weighted by atomic mass is 10.3. The molecule has 0 amide bonds. The number of ether oxygens (including phenoxy) is 1. The number of hydrogen-bond donors (Lipinski definition) is 2. The molecule has 2 heterocycles. The molecule has 0 bridgehead atoms. The second kappa shape index (κ2) is 7.19. The molecule has 8 heteroatoms. The minimum Gasteiger partial charge on any atom is -0.362 e. The molecule has 0 spiro atoms. The topological polar surface area (TPSA) is 68.9 Å². The van der Waals surface area contributed by atoms with Crippen LogP contribution in [-0.2, 0) is 24.6 Å². The molecule has 0 aliphatic rings. The lowest BCUT2D eigenvalue weighted by Gasteiger charge is -2.08. The molecule has 0 saturated heterocycles. The third-order valence-corrected chi connectivity index (χ3v) is 3.21. The summed E-state index contributed by atoms with van der Waals surface area (Å²) in [5, 5.41) is 15.3. The quantitative estimate of drug-likeness (QED) is 0.788. The number of methoxy groups -OCH3 is 1. The minimum absolute atomic E-state index is 0.414. The van der Waals surface area contributed by atoms with Gasteiger partial charge in [0.1, 0.15) is 6.73 Å². The second-order valence-electron chi connectivity index (χ2n) is 4.59. The summed E-state index contributed by atoms with van der Waals surface area (Å²) in [5.41, 5.74) is 2.97. The Hall–Kier alpha value is -1.93. The molecular weight excluding hydrogens is 288 g/mol. The van der Waals surface area contributed by atoms with Gasteiger partial charge in [-0.25, -0.2) is 4.68 Å². The van der Waals surface area contributed by atoms with E-state index in [0.29, 0.717) is 18.4 Å². The summed E-state index contributed by atoms with van der Waals surface area (Å²) in [4.78, 5) is 0. The van der Waals surface area contributed by atoms with Crippen molar-refractivity contribution in [3.05, 3.63) is 29.8 Å². The standard InChI is InChI=1S/C13H20N6OS/c1-4-18-7-11(10(2)17-18)5-14-13(21)16-12-6-15-19(8-12)9-20-3/h6-8H,4-5,9H2,1-3H3,(H2,14,16,21). The normalized spacial score (nSPS) is 10.6. The summed E-state index contributed by atoms with van der Waals surface area (Å²) < 4.78 is 8.59. The molecule has 0 aliphatic carbocycles. The molecule has 2 aromatic heterocycles. The van der Waals surface area contributed by atoms with Crippen molar-refractivity contribution >= 4 is 23.0 Å². The van der Waals surface area contributed by atoms with Crippen LogP contribution in [0.25, 0.3) is 0 Å². The Morgan fingerprint density at radius 3 is 2.86 bits per heavy atom. The molecule has 2 aromatic rings. The average Bonchev–Trinajstić information content (AvgIpc) is 3.04. The van der Waals surface area contributed by atoms with Crippen LogP contribution in [0.5, 0.6) is 0 Å². The van der Waals surface area contributed by atoms with Crippen LogP contribution in [0.15, 0.2) is 18.6 Å². The lowest BCUT2D eigenvalue weighted by molar-refractivity contribution is 0.120. The Morgan fingerprint density at radius 1 is 1.38 bits per heavy atom. The maximum Gasteiger partial charge on any atom is 0.171 e. The van der Waals surface area contributed by atoms with E-state index in [1.807, 2.05) is 24.0 Å². The summed E-state index contributed by atoms with van der Waals surface area (Å²) >= 11 is 5.27. The van der Waals surface area contributed by atoms with Crippen LogP contribution in [0.1, 0.15) is 18.2 Å². The van der Waals surface area contributed by atoms with Gasteiger partial charge in [-0.15, -0.1) is 0 Å². The molecule has 7 nitrogen and oxygen atoms in total. The zero-order valence-corrected chi connectivity index (χ0v) is 13.3. The van der Waals surface area contributed by atoms with Gasteiger partial charge in [0.05, 0.1) is 23.8 Å². The van der Waals surface area contributed by atoms with Gasteiger partial charge in [0.25, 0.3) is 0 Å². The molecule has 0 fully saturated rings. The first-order valence-corrected chi connectivity index (χ1v) is 7.12. The van der Waals surface area contributed by atoms with Gasteiger partial charge >= 0.3 is 0 Å². The number of nitrogens with one attached hydrogen (secondary N) is 2. The van der Waals surface area contributed by atoms with Crippen molar-refractivity contribution in [1.82, 2.24) is 24.9 Å². The van der Waals surface area contributed by atoms with Gasteiger partial charge in [-0.2, -0.15) is 10.2 Å². The van der Waals surface area contributed by atoms with Crippen molar-refractivity contribution in [2.24, 2.45) is 0 Å². The first-order chi connectivity index (χ1) is 10.1. The lowest BCUT2D eigenvalue weighted by Crippen LogP contribution is -2.27. The summed E-state index contributed by atoms with van der Waals surface area (Å²) in [6, 6.07) is 0. The van der Waals surface area contributed by atoms with Gasteiger partial charge in [-0.3, -0.25) is 4.68 Å². The first-order valence-electron chi connectivity index (χ1n) is 6.71. The van der Waals surface area contributed by atoms with Crippen LogP contribution in [0, 0.1) is 6.92 Å². The van der Waals surface area contributed by atoms with Crippen LogP contribution >= 0.6 is 12.2 Å². The second-order valence-corrected chi connectivity index (χ2v) is 5.00. The molecule has 0 atom stereocenters. The molecule has 2 N–H and O–H groups in total. The fraction of sp³-hybridized carbons (Fsp3) is 0.462. The number of nitrogens with zero attached hydrogens (tertiary/aromatic N) is 4. The van der Waals surface area contributed by atoms with E-state index in [9.17, 15) is 0 Å². The highest BCUT2D eigenvalue weighted by molar-refractivity contribution is 7.80. The summed E-state index contributed by atoms with van der Waals surface area (Å²) in [6.07, 6.45) is 5.56. The van der Waals surface area contributed by atoms with Crippen LogP contribution in [0.2, 0.25) is 0 Å². The molecule has 0 unspecified atom stereocenters. The Morgan fingerprint density at radius 2 is 2.19 bits per heavy atom. The number of thiocarbonyl (C=S) groups is 1. The van der Waals surface area contributed by atoms with Crippen molar-refractivity contribution in [3.8, 4) is 0 Å². The first kappa shape index (κ1) is 15.5. The molecule has 21 heavy (non-hydrogen) atoms. The fourth-order valence-electron chi connectivity index (χ4n) is 1.88. The number of aromatic nitrogens is 4. The van der Waals surface area contributed by atoms with E-state index in [4.69, 9.17) is 17.0 Å². The molecular formula is C13H20N6OS. The SMILES string of the molecule is CCn1cc(CNC(=S)Nc2cnn(COC)c2)c(C)n1. The van der Waals surface area contributed by atoms with Gasteiger partial charge in [-0.1, -0.05) is 0 Å². The number of rotatable bonds is 6. The van der Waals surface area contributed by atoms with E-state index in [0.717, 1.165) is 23.5 Å². The van der Waals surface area contributed by atoms with Crippen LogP contribution < -0.4 is 10.6 Å². The number of aryl methyl sites for hydroxylation is 2. The zero-order valence-electron chi connectivity index (χ0n) is 12.5. The van der Waals surface area contributed by atoms with Gasteiger partial charge < -0.3 is 15.4 Å². The molecule has 0 aliphatic heterocycles. The van der Waals surface area contributed by atoms with Crippen molar-refractivity contribution in [1.29, 1.82) is 0 Å². The maximum absolute atomic E-state index is 5.27. The summed E-state index contributed by atoms with van der Waals surface area (Å²) in [5.74, 6) is 0. The summed E-state index contributed by atoms with van der Waals surface area (Å²) in [7, 11) is 1.62. The third-order valence-electron chi connectivity index (χ3n) is 2.96. The van der Waals surface area contributed by atoms with Crippen LogP contribution in [-0.4, -0.2) is 31.8 Å². The van der Waals surface area contributed by atoms with E-state index in [-0.39, 0.29) is 0 Å². The van der Waals surface area contributed by atoms with Gasteiger partial charge in [0.15, 0.2) is 5.11 Å². The Kier molecular flexibility index (Phi) is 5.29. The smallest absolute Gasteiger partial charge is 0.171 e. The van der Waals surface area contributed by atoms with Gasteiger partial charge in [-0.05, 0) is 26.1 Å². The Labute approximate surface area is 129 Å². The predicted octanol–water partition coefficient (Wildman–Crippen LogP) is 1.50. The molecule has 0 aromatic carbocycles. The van der Waals surface area contributed by atoms with Crippen molar-refractivity contribution < 1.29 is 4.74 Å². The van der Waals surface area contributed by atoms with E-state index < -0.39 is 0 Å². The van der Waals surface area contributed by atoms with E-state index >= 15 is 0 Å². The zero-order chi connectivity index (χ0) is 15.2. The fourth-order valence-corrected chi connectivity index (χ4v) is 2.07. The maximum atomic E-state index is 5.27.